The molecule has 2 nitrogen and oxygen atoms in total. The number of benzene rings is 1. The van der Waals surface area contributed by atoms with Gasteiger partial charge in [0, 0.05) is 6.42 Å². The van der Waals surface area contributed by atoms with E-state index in [1.54, 1.807) is 6.26 Å². The molecule has 0 spiro atoms. The van der Waals surface area contributed by atoms with Gasteiger partial charge in [-0.2, -0.15) is 0 Å². The molecule has 2 rings (SSSR count). The Morgan fingerprint density at radius 1 is 1.18 bits per heavy atom. The Kier molecular flexibility index (Phi) is 3.34. The lowest BCUT2D eigenvalue weighted by Gasteiger charge is -2.23. The van der Waals surface area contributed by atoms with Crippen LogP contribution in [0.15, 0.2) is 47.1 Å². The van der Waals surface area contributed by atoms with E-state index in [9.17, 15) is 5.11 Å². The topological polar surface area (TPSA) is 33.4 Å². The van der Waals surface area contributed by atoms with E-state index in [2.05, 4.69) is 19.1 Å². The molecule has 0 amide bonds. The Morgan fingerprint density at radius 3 is 2.41 bits per heavy atom. The van der Waals surface area contributed by atoms with Crippen LogP contribution in [0, 0.1) is 0 Å². The van der Waals surface area contributed by atoms with Gasteiger partial charge in [-0.05, 0) is 36.6 Å². The van der Waals surface area contributed by atoms with Crippen LogP contribution in [0.2, 0.25) is 0 Å². The van der Waals surface area contributed by atoms with Gasteiger partial charge in [-0.25, -0.2) is 0 Å². The van der Waals surface area contributed by atoms with Crippen LogP contribution in [0.25, 0.3) is 0 Å². The van der Waals surface area contributed by atoms with E-state index in [0.717, 1.165) is 17.7 Å². The van der Waals surface area contributed by atoms with Crippen molar-refractivity contribution in [2.24, 2.45) is 0 Å². The molecule has 1 atom stereocenters. The maximum Gasteiger partial charge on any atom is 0.106 e. The molecule has 0 radical (unpaired) electrons. The molecule has 0 saturated heterocycles. The molecule has 1 unspecified atom stereocenters. The maximum atomic E-state index is 10.5. The van der Waals surface area contributed by atoms with Gasteiger partial charge in [-0.1, -0.05) is 31.2 Å². The van der Waals surface area contributed by atoms with E-state index >= 15 is 0 Å². The monoisotopic (exact) mass is 230 g/mol. The smallest absolute Gasteiger partial charge is 0.106 e. The molecule has 2 aromatic rings. The molecule has 1 aromatic carbocycles. The molecule has 0 aliphatic rings. The van der Waals surface area contributed by atoms with Crippen LogP contribution in [-0.4, -0.2) is 5.11 Å². The van der Waals surface area contributed by atoms with E-state index in [0.29, 0.717) is 6.42 Å². The van der Waals surface area contributed by atoms with Gasteiger partial charge >= 0.3 is 0 Å². The van der Waals surface area contributed by atoms with E-state index in [1.807, 2.05) is 31.2 Å². The molecule has 0 aliphatic carbocycles. The standard InChI is InChI=1S/C15H18O2/c1-3-12-6-8-13(9-7-12)15(2,16)11-14-5-4-10-17-14/h4-10,16H,3,11H2,1-2H3. The molecule has 0 fully saturated rings. The summed E-state index contributed by atoms with van der Waals surface area (Å²) in [5.74, 6) is 0.801. The summed E-state index contributed by atoms with van der Waals surface area (Å²) in [5, 5.41) is 10.5. The zero-order valence-corrected chi connectivity index (χ0v) is 10.3. The predicted octanol–water partition coefficient (Wildman–Crippen LogP) is 3.29. The van der Waals surface area contributed by atoms with Crippen molar-refractivity contribution in [3.63, 3.8) is 0 Å². The highest BCUT2D eigenvalue weighted by molar-refractivity contribution is 5.27. The summed E-state index contributed by atoms with van der Waals surface area (Å²) < 4.78 is 5.28. The Labute approximate surface area is 102 Å². The molecule has 1 heterocycles. The third-order valence-electron chi connectivity index (χ3n) is 3.08. The number of aryl methyl sites for hydroxylation is 1. The third kappa shape index (κ3) is 2.77. The van der Waals surface area contributed by atoms with Crippen molar-refractivity contribution in [2.75, 3.05) is 0 Å². The van der Waals surface area contributed by atoms with Gasteiger partial charge in [-0.15, -0.1) is 0 Å². The molecule has 2 heteroatoms. The van der Waals surface area contributed by atoms with Crippen LogP contribution in [0.3, 0.4) is 0 Å². The molecular weight excluding hydrogens is 212 g/mol. The van der Waals surface area contributed by atoms with Crippen molar-refractivity contribution in [1.82, 2.24) is 0 Å². The van der Waals surface area contributed by atoms with E-state index < -0.39 is 5.60 Å². The lowest BCUT2D eigenvalue weighted by atomic mass is 9.90. The minimum Gasteiger partial charge on any atom is -0.469 e. The molecule has 90 valence electrons. The van der Waals surface area contributed by atoms with Crippen LogP contribution in [0.4, 0.5) is 0 Å². The number of rotatable bonds is 4. The Hall–Kier alpha value is -1.54. The fraction of sp³-hybridized carbons (Fsp3) is 0.333. The highest BCUT2D eigenvalue weighted by Gasteiger charge is 2.24. The van der Waals surface area contributed by atoms with Gasteiger partial charge in [0.2, 0.25) is 0 Å². The minimum atomic E-state index is -0.885. The molecule has 0 aliphatic heterocycles. The summed E-state index contributed by atoms with van der Waals surface area (Å²) in [6.07, 6.45) is 3.14. The van der Waals surface area contributed by atoms with Gasteiger partial charge in [0.05, 0.1) is 11.9 Å². The quantitative estimate of drug-likeness (QED) is 0.874. The zero-order chi connectivity index (χ0) is 12.3. The third-order valence-corrected chi connectivity index (χ3v) is 3.08. The fourth-order valence-corrected chi connectivity index (χ4v) is 1.95. The van der Waals surface area contributed by atoms with Gasteiger partial charge < -0.3 is 9.52 Å². The van der Waals surface area contributed by atoms with E-state index in [-0.39, 0.29) is 0 Å². The zero-order valence-electron chi connectivity index (χ0n) is 10.3. The second-order valence-corrected chi connectivity index (χ2v) is 4.58. The number of furan rings is 1. The summed E-state index contributed by atoms with van der Waals surface area (Å²) >= 11 is 0. The number of aliphatic hydroxyl groups is 1. The van der Waals surface area contributed by atoms with Crippen LogP contribution >= 0.6 is 0 Å². The lowest BCUT2D eigenvalue weighted by molar-refractivity contribution is 0.0521. The first-order valence-corrected chi connectivity index (χ1v) is 5.96. The first-order chi connectivity index (χ1) is 8.12. The average Bonchev–Trinajstić information content (AvgIpc) is 2.81. The summed E-state index contributed by atoms with van der Waals surface area (Å²) in [5.41, 5.74) is 1.32. The van der Waals surface area contributed by atoms with Crippen LogP contribution in [0.1, 0.15) is 30.7 Å². The second-order valence-electron chi connectivity index (χ2n) is 4.58. The first kappa shape index (κ1) is 11.9. The average molecular weight is 230 g/mol. The Morgan fingerprint density at radius 2 is 1.88 bits per heavy atom. The molecule has 0 bridgehead atoms. The summed E-state index contributed by atoms with van der Waals surface area (Å²) in [6.45, 7) is 3.94. The lowest BCUT2D eigenvalue weighted by Crippen LogP contribution is -2.23. The predicted molar refractivity (Wildman–Crippen MR) is 67.8 cm³/mol. The van der Waals surface area contributed by atoms with Crippen LogP contribution < -0.4 is 0 Å². The highest BCUT2D eigenvalue weighted by Crippen LogP contribution is 2.25. The molecule has 1 N–H and O–H groups in total. The highest BCUT2D eigenvalue weighted by atomic mass is 16.3. The number of hydrogen-bond donors (Lipinski definition) is 1. The minimum absolute atomic E-state index is 0.492. The summed E-state index contributed by atoms with van der Waals surface area (Å²) in [4.78, 5) is 0. The molecule has 0 saturated carbocycles. The van der Waals surface area contributed by atoms with Crippen molar-refractivity contribution in [2.45, 2.75) is 32.3 Å². The molecule has 1 aromatic heterocycles. The van der Waals surface area contributed by atoms with Crippen molar-refractivity contribution < 1.29 is 9.52 Å². The van der Waals surface area contributed by atoms with E-state index in [4.69, 9.17) is 4.42 Å². The summed E-state index contributed by atoms with van der Waals surface area (Å²) in [7, 11) is 0. The van der Waals surface area contributed by atoms with Gasteiger partial charge in [0.1, 0.15) is 5.76 Å². The molecule has 17 heavy (non-hydrogen) atoms. The van der Waals surface area contributed by atoms with Gasteiger partial charge in [0.25, 0.3) is 0 Å². The SMILES string of the molecule is CCc1ccc(C(C)(O)Cc2ccco2)cc1. The molecular formula is C15H18O2. The van der Waals surface area contributed by atoms with Crippen LogP contribution in [-0.2, 0) is 18.4 Å². The van der Waals surface area contributed by atoms with Crippen molar-refractivity contribution in [3.8, 4) is 0 Å². The van der Waals surface area contributed by atoms with Crippen molar-refractivity contribution >= 4 is 0 Å². The first-order valence-electron chi connectivity index (χ1n) is 5.96. The fourth-order valence-electron chi connectivity index (χ4n) is 1.95. The second kappa shape index (κ2) is 4.76. The van der Waals surface area contributed by atoms with Crippen molar-refractivity contribution in [1.29, 1.82) is 0 Å². The van der Waals surface area contributed by atoms with Gasteiger partial charge in [-0.3, -0.25) is 0 Å². The maximum absolute atomic E-state index is 10.5. The normalized spacial score (nSPS) is 14.5. The van der Waals surface area contributed by atoms with Crippen molar-refractivity contribution in [3.05, 3.63) is 59.5 Å². The van der Waals surface area contributed by atoms with Crippen LogP contribution in [0.5, 0.6) is 0 Å². The number of hydrogen-bond acceptors (Lipinski definition) is 2. The van der Waals surface area contributed by atoms with Gasteiger partial charge in [0.15, 0.2) is 0 Å². The van der Waals surface area contributed by atoms with E-state index in [1.165, 1.54) is 5.56 Å². The Balaban J connectivity index is 2.18. The largest absolute Gasteiger partial charge is 0.469 e. The summed E-state index contributed by atoms with van der Waals surface area (Å²) in [6, 6.07) is 11.8. The Bertz CT molecular complexity index is 452.